The number of pyridine rings is 1. The van der Waals surface area contributed by atoms with E-state index in [1.165, 1.54) is 36.9 Å². The number of fused-ring (bicyclic) bond motifs is 1. The van der Waals surface area contributed by atoms with Crippen LogP contribution in [0.1, 0.15) is 55.8 Å². The van der Waals surface area contributed by atoms with Gasteiger partial charge in [-0.15, -0.1) is 11.8 Å². The summed E-state index contributed by atoms with van der Waals surface area (Å²) in [5.74, 6) is 0.974. The van der Waals surface area contributed by atoms with E-state index in [4.69, 9.17) is 15.9 Å². The first kappa shape index (κ1) is 14.7. The molecule has 2 unspecified atom stereocenters. The summed E-state index contributed by atoms with van der Waals surface area (Å²) in [5, 5.41) is 13.8. The van der Waals surface area contributed by atoms with Crippen LogP contribution in [0.25, 0.3) is 0 Å². The molecule has 2 aliphatic rings. The fraction of sp³-hybridized carbons (Fsp3) is 0.625. The molecule has 1 aromatic rings. The maximum Gasteiger partial charge on any atom is 0.172 e. The zero-order valence-corrected chi connectivity index (χ0v) is 13.3. The molecule has 0 radical (unpaired) electrons. The van der Waals surface area contributed by atoms with Gasteiger partial charge in [-0.05, 0) is 49.7 Å². The first-order valence-corrected chi connectivity index (χ1v) is 8.72. The quantitative estimate of drug-likeness (QED) is 0.389. The lowest BCUT2D eigenvalue weighted by atomic mass is 9.91. The molecule has 21 heavy (non-hydrogen) atoms. The Morgan fingerprint density at radius 1 is 1.38 bits per heavy atom. The Morgan fingerprint density at radius 2 is 2.24 bits per heavy atom. The van der Waals surface area contributed by atoms with E-state index in [9.17, 15) is 0 Å². The average Bonchev–Trinajstić information content (AvgIpc) is 2.93. The Balaban J connectivity index is 1.89. The van der Waals surface area contributed by atoms with Gasteiger partial charge in [-0.2, -0.15) is 0 Å². The molecule has 3 N–H and O–H groups in total. The van der Waals surface area contributed by atoms with Crippen LogP contribution in [0.4, 0.5) is 0 Å². The van der Waals surface area contributed by atoms with Crippen LogP contribution < -0.4 is 5.73 Å². The van der Waals surface area contributed by atoms with Crippen LogP contribution in [-0.4, -0.2) is 21.3 Å². The highest BCUT2D eigenvalue weighted by molar-refractivity contribution is 7.99. The Morgan fingerprint density at radius 3 is 3.00 bits per heavy atom. The monoisotopic (exact) mass is 305 g/mol. The molecule has 0 amide bonds. The lowest BCUT2D eigenvalue weighted by Gasteiger charge is -2.26. The molecule has 114 valence electrons. The number of hydrogen-bond acceptors (Lipinski definition) is 4. The summed E-state index contributed by atoms with van der Waals surface area (Å²) >= 11 is 1.82. The van der Waals surface area contributed by atoms with Crippen molar-refractivity contribution in [3.05, 3.63) is 22.9 Å². The summed E-state index contributed by atoms with van der Waals surface area (Å²) < 4.78 is 0. The molecule has 0 saturated heterocycles. The highest BCUT2D eigenvalue weighted by Gasteiger charge is 2.24. The molecule has 1 saturated carbocycles. The summed E-state index contributed by atoms with van der Waals surface area (Å²) in [6.45, 7) is 2.33. The third-order valence-corrected chi connectivity index (χ3v) is 5.86. The van der Waals surface area contributed by atoms with Gasteiger partial charge in [0.05, 0.1) is 5.56 Å². The topological polar surface area (TPSA) is 71.5 Å². The van der Waals surface area contributed by atoms with Gasteiger partial charge < -0.3 is 10.9 Å². The van der Waals surface area contributed by atoms with Gasteiger partial charge in [-0.25, -0.2) is 4.98 Å². The van der Waals surface area contributed by atoms with Crippen LogP contribution in [0.3, 0.4) is 0 Å². The second kappa shape index (κ2) is 6.26. The number of rotatable bonds is 3. The maximum atomic E-state index is 9.04. The number of amidine groups is 1. The van der Waals surface area contributed by atoms with E-state index < -0.39 is 0 Å². The van der Waals surface area contributed by atoms with E-state index in [1.54, 1.807) is 0 Å². The Bertz CT molecular complexity index is 559. The van der Waals surface area contributed by atoms with Gasteiger partial charge in [0, 0.05) is 10.9 Å². The number of nitrogens with zero attached hydrogens (tertiary/aromatic N) is 2. The number of aromatic nitrogens is 1. The van der Waals surface area contributed by atoms with Crippen LogP contribution in [-0.2, 0) is 12.8 Å². The molecule has 0 aliphatic heterocycles. The number of aryl methyl sites for hydroxylation is 2. The van der Waals surface area contributed by atoms with Crippen molar-refractivity contribution in [1.82, 2.24) is 4.98 Å². The van der Waals surface area contributed by atoms with E-state index in [1.807, 2.05) is 11.8 Å². The second-order valence-electron chi connectivity index (χ2n) is 6.30. The lowest BCUT2D eigenvalue weighted by molar-refractivity contribution is 0.318. The summed E-state index contributed by atoms with van der Waals surface area (Å²) in [5.41, 5.74) is 9.14. The van der Waals surface area contributed by atoms with Crippen LogP contribution in [0.5, 0.6) is 0 Å². The molecule has 1 heterocycles. The van der Waals surface area contributed by atoms with Crippen molar-refractivity contribution >= 4 is 17.6 Å². The van der Waals surface area contributed by atoms with Crippen molar-refractivity contribution in [2.24, 2.45) is 16.8 Å². The van der Waals surface area contributed by atoms with Gasteiger partial charge in [-0.3, -0.25) is 0 Å². The average molecular weight is 305 g/mol. The molecule has 0 spiro atoms. The summed E-state index contributed by atoms with van der Waals surface area (Å²) in [6.07, 6.45) is 8.37. The van der Waals surface area contributed by atoms with Crippen LogP contribution >= 0.6 is 11.8 Å². The van der Waals surface area contributed by atoms with Crippen LogP contribution in [0.2, 0.25) is 0 Å². The molecule has 5 heteroatoms. The predicted molar refractivity (Wildman–Crippen MR) is 86.0 cm³/mol. The van der Waals surface area contributed by atoms with Crippen LogP contribution in [0, 0.1) is 5.92 Å². The summed E-state index contributed by atoms with van der Waals surface area (Å²) in [4.78, 5) is 4.83. The van der Waals surface area contributed by atoms with E-state index in [2.05, 4.69) is 18.1 Å². The smallest absolute Gasteiger partial charge is 0.172 e. The van der Waals surface area contributed by atoms with E-state index in [-0.39, 0.29) is 5.84 Å². The van der Waals surface area contributed by atoms with Crippen LogP contribution in [0.15, 0.2) is 16.2 Å². The molecule has 4 nitrogen and oxygen atoms in total. The van der Waals surface area contributed by atoms with E-state index in [0.717, 1.165) is 35.8 Å². The third-order valence-electron chi connectivity index (χ3n) is 4.57. The Labute approximate surface area is 130 Å². The minimum absolute atomic E-state index is 0.184. The predicted octanol–water partition coefficient (Wildman–Crippen LogP) is 3.34. The van der Waals surface area contributed by atoms with Crippen molar-refractivity contribution in [3.63, 3.8) is 0 Å². The molecule has 2 aliphatic carbocycles. The van der Waals surface area contributed by atoms with Crippen molar-refractivity contribution in [3.8, 4) is 0 Å². The lowest BCUT2D eigenvalue weighted by Crippen LogP contribution is -2.19. The van der Waals surface area contributed by atoms with Gasteiger partial charge in [0.2, 0.25) is 0 Å². The summed E-state index contributed by atoms with van der Waals surface area (Å²) in [6, 6.07) is 2.08. The van der Waals surface area contributed by atoms with Crippen molar-refractivity contribution in [2.45, 2.75) is 62.1 Å². The third kappa shape index (κ3) is 3.18. The van der Waals surface area contributed by atoms with Gasteiger partial charge in [0.15, 0.2) is 5.84 Å². The van der Waals surface area contributed by atoms with Gasteiger partial charge in [0.25, 0.3) is 0 Å². The SMILES string of the molecule is CC1CCCC(Sc2nc3c(cc2C(N)=NO)CCC3)C1. The van der Waals surface area contributed by atoms with Crippen molar-refractivity contribution in [2.75, 3.05) is 0 Å². The van der Waals surface area contributed by atoms with Gasteiger partial charge in [0.1, 0.15) is 5.03 Å². The highest BCUT2D eigenvalue weighted by atomic mass is 32.2. The first-order chi connectivity index (χ1) is 10.2. The molecule has 3 rings (SSSR count). The first-order valence-electron chi connectivity index (χ1n) is 7.84. The second-order valence-corrected chi connectivity index (χ2v) is 7.59. The standard InChI is InChI=1S/C16H23N3OS/c1-10-4-2-6-12(8-10)21-16-13(15(17)19-20)9-11-5-3-7-14(11)18-16/h9-10,12,20H,2-8H2,1H3,(H2,17,19). The zero-order valence-electron chi connectivity index (χ0n) is 12.5. The minimum atomic E-state index is 0.184. The highest BCUT2D eigenvalue weighted by Crippen LogP contribution is 2.37. The van der Waals surface area contributed by atoms with Gasteiger partial charge >= 0.3 is 0 Å². The Kier molecular flexibility index (Phi) is 4.38. The number of hydrogen-bond donors (Lipinski definition) is 2. The molecule has 0 bridgehead atoms. The molecule has 1 fully saturated rings. The molecule has 1 aromatic heterocycles. The summed E-state index contributed by atoms with van der Waals surface area (Å²) in [7, 11) is 0. The maximum absolute atomic E-state index is 9.04. The normalized spacial score (nSPS) is 25.9. The molecule has 2 atom stereocenters. The number of nitrogens with two attached hydrogens (primary N) is 1. The fourth-order valence-corrected chi connectivity index (χ4v) is 4.90. The molecule has 0 aromatic carbocycles. The molecular formula is C16H23N3OS. The number of oxime groups is 1. The van der Waals surface area contributed by atoms with E-state index in [0.29, 0.717) is 5.25 Å². The number of thioether (sulfide) groups is 1. The van der Waals surface area contributed by atoms with E-state index >= 15 is 0 Å². The largest absolute Gasteiger partial charge is 0.409 e. The fourth-order valence-electron chi connectivity index (χ4n) is 3.42. The Hall–Kier alpha value is -1.23. The minimum Gasteiger partial charge on any atom is -0.409 e. The van der Waals surface area contributed by atoms with Crippen molar-refractivity contribution in [1.29, 1.82) is 0 Å². The zero-order chi connectivity index (χ0) is 14.8. The van der Waals surface area contributed by atoms with Gasteiger partial charge in [-0.1, -0.05) is 24.9 Å². The van der Waals surface area contributed by atoms with Crippen molar-refractivity contribution < 1.29 is 5.21 Å². The molecular weight excluding hydrogens is 282 g/mol.